The SMILES string of the molecule is CC1CN(C(CN)c2cc(Br)c(Br)o2)CC1N(C)C. The molecule has 1 aromatic heterocycles. The summed E-state index contributed by atoms with van der Waals surface area (Å²) in [4.78, 5) is 4.72. The molecule has 0 radical (unpaired) electrons. The van der Waals surface area contributed by atoms with Crippen molar-refractivity contribution in [2.75, 3.05) is 33.7 Å². The van der Waals surface area contributed by atoms with Gasteiger partial charge in [0.15, 0.2) is 4.67 Å². The van der Waals surface area contributed by atoms with E-state index in [1.165, 1.54) is 0 Å². The van der Waals surface area contributed by atoms with Crippen LogP contribution in [0.1, 0.15) is 18.7 Å². The molecule has 1 aliphatic heterocycles. The fourth-order valence-electron chi connectivity index (χ4n) is 2.89. The van der Waals surface area contributed by atoms with E-state index in [9.17, 15) is 0 Å². The Bertz CT molecular complexity index is 416. The highest BCUT2D eigenvalue weighted by Gasteiger charge is 2.36. The van der Waals surface area contributed by atoms with E-state index in [1.807, 2.05) is 6.07 Å². The molecular weight excluding hydrogens is 374 g/mol. The highest BCUT2D eigenvalue weighted by Crippen LogP contribution is 2.34. The molecule has 1 aliphatic rings. The minimum Gasteiger partial charge on any atom is -0.451 e. The van der Waals surface area contributed by atoms with Gasteiger partial charge in [-0.25, -0.2) is 0 Å². The van der Waals surface area contributed by atoms with Crippen LogP contribution in [0, 0.1) is 5.92 Å². The minimum atomic E-state index is 0.148. The smallest absolute Gasteiger partial charge is 0.183 e. The number of halogens is 2. The van der Waals surface area contributed by atoms with Crippen LogP contribution in [-0.2, 0) is 0 Å². The van der Waals surface area contributed by atoms with Gasteiger partial charge in [-0.05, 0) is 57.9 Å². The van der Waals surface area contributed by atoms with Crippen LogP contribution < -0.4 is 5.73 Å². The standard InChI is InChI=1S/C13H21Br2N3O/c1-8-6-18(7-11(8)17(2)3)10(5-16)12-4-9(14)13(15)19-12/h4,8,10-11H,5-7,16H2,1-3H3. The van der Waals surface area contributed by atoms with E-state index in [-0.39, 0.29) is 6.04 Å². The van der Waals surface area contributed by atoms with E-state index in [0.29, 0.717) is 18.5 Å². The minimum absolute atomic E-state index is 0.148. The average molecular weight is 395 g/mol. The topological polar surface area (TPSA) is 45.6 Å². The Morgan fingerprint density at radius 3 is 2.58 bits per heavy atom. The number of nitrogens with zero attached hydrogens (tertiary/aromatic N) is 2. The van der Waals surface area contributed by atoms with Gasteiger partial charge in [-0.15, -0.1) is 0 Å². The number of hydrogen-bond donors (Lipinski definition) is 1. The molecule has 3 unspecified atom stereocenters. The molecule has 108 valence electrons. The Kier molecular flexibility index (Phi) is 5.11. The Balaban J connectivity index is 2.15. The molecule has 6 heteroatoms. The molecule has 4 nitrogen and oxygen atoms in total. The number of likely N-dealkylation sites (tertiary alicyclic amines) is 1. The lowest BCUT2D eigenvalue weighted by molar-refractivity contribution is 0.198. The molecule has 0 spiro atoms. The second-order valence-corrected chi connectivity index (χ2v) is 7.06. The van der Waals surface area contributed by atoms with E-state index < -0.39 is 0 Å². The second kappa shape index (κ2) is 6.26. The normalized spacial score (nSPS) is 26.3. The highest BCUT2D eigenvalue weighted by molar-refractivity contribution is 9.13. The Labute approximate surface area is 131 Å². The van der Waals surface area contributed by atoms with Crippen LogP contribution in [0.3, 0.4) is 0 Å². The first-order chi connectivity index (χ1) is 8.93. The van der Waals surface area contributed by atoms with Crippen LogP contribution in [-0.4, -0.2) is 49.6 Å². The second-order valence-electron chi connectivity index (χ2n) is 5.48. The van der Waals surface area contributed by atoms with Gasteiger partial charge in [0.1, 0.15) is 5.76 Å². The van der Waals surface area contributed by atoms with Crippen molar-refractivity contribution in [2.45, 2.75) is 19.0 Å². The molecule has 1 saturated heterocycles. The highest BCUT2D eigenvalue weighted by atomic mass is 79.9. The monoisotopic (exact) mass is 393 g/mol. The molecule has 0 aliphatic carbocycles. The largest absolute Gasteiger partial charge is 0.451 e. The van der Waals surface area contributed by atoms with E-state index in [0.717, 1.165) is 28.0 Å². The molecule has 19 heavy (non-hydrogen) atoms. The van der Waals surface area contributed by atoms with Crippen molar-refractivity contribution in [3.63, 3.8) is 0 Å². The first-order valence-electron chi connectivity index (χ1n) is 6.49. The molecule has 0 amide bonds. The lowest BCUT2D eigenvalue weighted by Crippen LogP contribution is -2.36. The quantitative estimate of drug-likeness (QED) is 0.852. The maximum atomic E-state index is 5.97. The van der Waals surface area contributed by atoms with Gasteiger partial charge in [0.2, 0.25) is 0 Å². The third-order valence-electron chi connectivity index (χ3n) is 3.92. The third kappa shape index (κ3) is 3.24. The zero-order valence-corrected chi connectivity index (χ0v) is 14.7. The maximum Gasteiger partial charge on any atom is 0.183 e. The van der Waals surface area contributed by atoms with Crippen molar-refractivity contribution < 1.29 is 4.42 Å². The summed E-state index contributed by atoms with van der Waals surface area (Å²) < 4.78 is 7.42. The van der Waals surface area contributed by atoms with Crippen molar-refractivity contribution in [3.8, 4) is 0 Å². The molecular formula is C13H21Br2N3O. The first-order valence-corrected chi connectivity index (χ1v) is 8.08. The summed E-state index contributed by atoms with van der Waals surface area (Å²) in [5, 5.41) is 0. The molecule has 0 bridgehead atoms. The van der Waals surface area contributed by atoms with E-state index in [1.54, 1.807) is 0 Å². The molecule has 2 rings (SSSR count). The van der Waals surface area contributed by atoms with Crippen LogP contribution in [0.5, 0.6) is 0 Å². The molecule has 1 fully saturated rings. The van der Waals surface area contributed by atoms with Crippen molar-refractivity contribution in [1.29, 1.82) is 0 Å². The molecule has 2 N–H and O–H groups in total. The summed E-state index contributed by atoms with van der Waals surface area (Å²) in [6.45, 7) is 4.96. The van der Waals surface area contributed by atoms with Crippen molar-refractivity contribution >= 4 is 31.9 Å². The van der Waals surface area contributed by atoms with Crippen LogP contribution >= 0.6 is 31.9 Å². The van der Waals surface area contributed by atoms with Crippen LogP contribution in [0.15, 0.2) is 19.6 Å². The summed E-state index contributed by atoms with van der Waals surface area (Å²) in [6.07, 6.45) is 0. The molecule has 3 atom stereocenters. The number of furan rings is 1. The Hall–Kier alpha value is 0.120. The van der Waals surface area contributed by atoms with Gasteiger partial charge in [-0.3, -0.25) is 4.90 Å². The lowest BCUT2D eigenvalue weighted by Gasteiger charge is -2.26. The Morgan fingerprint density at radius 2 is 2.16 bits per heavy atom. The summed E-state index contributed by atoms with van der Waals surface area (Å²) in [6, 6.07) is 2.74. The van der Waals surface area contributed by atoms with Gasteiger partial charge in [-0.2, -0.15) is 0 Å². The van der Waals surface area contributed by atoms with Gasteiger partial charge in [0.25, 0.3) is 0 Å². The predicted molar refractivity (Wildman–Crippen MR) is 84.1 cm³/mol. The van der Waals surface area contributed by atoms with E-state index in [2.05, 4.69) is 62.7 Å². The van der Waals surface area contributed by atoms with E-state index in [4.69, 9.17) is 10.2 Å². The zero-order valence-electron chi connectivity index (χ0n) is 11.6. The van der Waals surface area contributed by atoms with Gasteiger partial charge in [0, 0.05) is 25.7 Å². The summed E-state index contributed by atoms with van der Waals surface area (Å²) in [5.74, 6) is 1.57. The maximum absolute atomic E-state index is 5.97. The van der Waals surface area contributed by atoms with Crippen LogP contribution in [0.25, 0.3) is 0 Å². The number of hydrogen-bond acceptors (Lipinski definition) is 4. The molecule has 2 heterocycles. The zero-order chi connectivity index (χ0) is 14.2. The fourth-order valence-corrected chi connectivity index (χ4v) is 3.49. The van der Waals surface area contributed by atoms with Crippen LogP contribution in [0.4, 0.5) is 0 Å². The molecule has 0 saturated carbocycles. The number of likely N-dealkylation sites (N-methyl/N-ethyl adjacent to an activating group) is 1. The number of rotatable bonds is 4. The first kappa shape index (κ1) is 15.5. The van der Waals surface area contributed by atoms with Gasteiger partial charge < -0.3 is 15.1 Å². The fraction of sp³-hybridized carbons (Fsp3) is 0.692. The Morgan fingerprint density at radius 1 is 1.47 bits per heavy atom. The predicted octanol–water partition coefficient (Wildman–Crippen LogP) is 2.69. The van der Waals surface area contributed by atoms with Gasteiger partial charge in [0.05, 0.1) is 10.5 Å². The van der Waals surface area contributed by atoms with Gasteiger partial charge >= 0.3 is 0 Å². The number of nitrogens with two attached hydrogens (primary N) is 1. The van der Waals surface area contributed by atoms with Crippen molar-refractivity contribution in [3.05, 3.63) is 21.0 Å². The summed E-state index contributed by atoms with van der Waals surface area (Å²) in [5.41, 5.74) is 5.97. The van der Waals surface area contributed by atoms with Crippen molar-refractivity contribution in [1.82, 2.24) is 9.80 Å². The van der Waals surface area contributed by atoms with Crippen molar-refractivity contribution in [2.24, 2.45) is 11.7 Å². The van der Waals surface area contributed by atoms with Crippen LogP contribution in [0.2, 0.25) is 0 Å². The van der Waals surface area contributed by atoms with E-state index >= 15 is 0 Å². The molecule has 0 aromatic carbocycles. The summed E-state index contributed by atoms with van der Waals surface area (Å²) >= 11 is 6.85. The molecule has 1 aromatic rings. The summed E-state index contributed by atoms with van der Waals surface area (Å²) in [7, 11) is 4.28. The van der Waals surface area contributed by atoms with Gasteiger partial charge in [-0.1, -0.05) is 6.92 Å². The third-order valence-corrected chi connectivity index (χ3v) is 5.63. The average Bonchev–Trinajstić information content (AvgIpc) is 2.85. The lowest BCUT2D eigenvalue weighted by atomic mass is 10.1.